The average molecular weight is 318 g/mol. The number of hydrogen-bond donors (Lipinski definition) is 0. The molecule has 0 aromatic heterocycles. The van der Waals surface area contributed by atoms with Crippen LogP contribution in [0.2, 0.25) is 0 Å². The minimum Gasteiger partial charge on any atom is -0.463 e. The molecule has 0 fully saturated rings. The Balaban J connectivity index is 2.75. The summed E-state index contributed by atoms with van der Waals surface area (Å²) in [5.41, 5.74) is 0.561. The van der Waals surface area contributed by atoms with Crippen molar-refractivity contribution < 1.29 is 28.6 Å². The van der Waals surface area contributed by atoms with Gasteiger partial charge in [-0.3, -0.25) is 4.79 Å². The zero-order valence-corrected chi connectivity index (χ0v) is 13.0. The van der Waals surface area contributed by atoms with E-state index in [4.69, 9.17) is 14.2 Å². The molecule has 0 aliphatic carbocycles. The first-order chi connectivity index (χ1) is 10.9. The van der Waals surface area contributed by atoms with Gasteiger partial charge in [0.2, 0.25) is 0 Å². The van der Waals surface area contributed by atoms with E-state index in [9.17, 15) is 14.4 Å². The smallest absolute Gasteiger partial charge is 0.336 e. The summed E-state index contributed by atoms with van der Waals surface area (Å²) < 4.78 is 14.6. The number of carbonyl (C=O) groups is 3. The van der Waals surface area contributed by atoms with Crippen LogP contribution in [-0.4, -0.2) is 31.1 Å². The van der Waals surface area contributed by atoms with Crippen molar-refractivity contribution in [1.29, 1.82) is 0 Å². The number of carbonyl (C=O) groups excluding carboxylic acids is 3. The van der Waals surface area contributed by atoms with Gasteiger partial charge >= 0.3 is 17.9 Å². The number of ether oxygens (including phenoxy) is 3. The minimum absolute atomic E-state index is 0.0161. The highest BCUT2D eigenvalue weighted by atomic mass is 16.6. The highest BCUT2D eigenvalue weighted by Crippen LogP contribution is 2.16. The summed E-state index contributed by atoms with van der Waals surface area (Å²) in [5.74, 6) is -1.91. The largest absolute Gasteiger partial charge is 0.463 e. The molecule has 0 atom stereocenters. The lowest BCUT2D eigenvalue weighted by Gasteiger charge is -2.08. The Labute approximate surface area is 134 Å². The molecule has 0 unspecified atom stereocenters. The van der Waals surface area contributed by atoms with Crippen molar-refractivity contribution in [2.45, 2.75) is 13.8 Å². The molecule has 1 aromatic rings. The van der Waals surface area contributed by atoms with E-state index in [1.165, 1.54) is 6.92 Å². The van der Waals surface area contributed by atoms with E-state index in [-0.39, 0.29) is 24.5 Å². The van der Waals surface area contributed by atoms with Gasteiger partial charge in [0.1, 0.15) is 12.4 Å². The molecule has 0 spiro atoms. The van der Waals surface area contributed by atoms with Crippen molar-refractivity contribution >= 4 is 23.7 Å². The van der Waals surface area contributed by atoms with Crippen molar-refractivity contribution in [3.05, 3.63) is 54.1 Å². The molecule has 0 heterocycles. The van der Waals surface area contributed by atoms with Gasteiger partial charge in [0.25, 0.3) is 0 Å². The van der Waals surface area contributed by atoms with Crippen LogP contribution in [-0.2, 0) is 28.6 Å². The van der Waals surface area contributed by atoms with Crippen LogP contribution in [0.4, 0.5) is 0 Å². The molecule has 0 aliphatic heterocycles. The monoisotopic (exact) mass is 318 g/mol. The predicted molar refractivity (Wildman–Crippen MR) is 82.9 cm³/mol. The van der Waals surface area contributed by atoms with E-state index in [2.05, 4.69) is 6.58 Å². The lowest BCUT2D eigenvalue weighted by Crippen LogP contribution is -2.14. The normalized spacial score (nSPS) is 10.6. The number of benzene rings is 1. The van der Waals surface area contributed by atoms with Gasteiger partial charge in [-0.15, -0.1) is 0 Å². The molecular weight excluding hydrogens is 300 g/mol. The Hall–Kier alpha value is -2.89. The molecule has 1 aromatic carbocycles. The van der Waals surface area contributed by atoms with E-state index in [1.807, 2.05) is 0 Å². The van der Waals surface area contributed by atoms with Crippen LogP contribution in [0, 0.1) is 0 Å². The minimum atomic E-state index is -0.768. The van der Waals surface area contributed by atoms with E-state index >= 15 is 0 Å². The average Bonchev–Trinajstić information content (AvgIpc) is 2.52. The maximum atomic E-state index is 11.8. The second-order valence-corrected chi connectivity index (χ2v) is 4.40. The Bertz CT molecular complexity index is 615. The van der Waals surface area contributed by atoms with Gasteiger partial charge in [-0.25, -0.2) is 9.59 Å². The summed E-state index contributed by atoms with van der Waals surface area (Å²) in [4.78, 5) is 34.3. The SMILES string of the molecule is C=C(COC(=O)/C=C(\OC(C)=O)c1ccccc1)C(=O)OCC. The van der Waals surface area contributed by atoms with Crippen molar-refractivity contribution in [3.63, 3.8) is 0 Å². The van der Waals surface area contributed by atoms with E-state index in [0.29, 0.717) is 5.56 Å². The zero-order chi connectivity index (χ0) is 17.2. The first-order valence-electron chi connectivity index (χ1n) is 6.91. The van der Waals surface area contributed by atoms with E-state index in [1.54, 1.807) is 37.3 Å². The quantitative estimate of drug-likeness (QED) is 0.332. The Morgan fingerprint density at radius 1 is 1.13 bits per heavy atom. The van der Waals surface area contributed by atoms with Crippen LogP contribution in [0.5, 0.6) is 0 Å². The van der Waals surface area contributed by atoms with Gasteiger partial charge in [0.15, 0.2) is 0 Å². The molecule has 0 radical (unpaired) electrons. The molecule has 0 bridgehead atoms. The van der Waals surface area contributed by atoms with Crippen molar-refractivity contribution in [1.82, 2.24) is 0 Å². The predicted octanol–water partition coefficient (Wildman–Crippen LogP) is 2.25. The molecule has 0 N–H and O–H groups in total. The summed E-state index contributed by atoms with van der Waals surface area (Å²) in [7, 11) is 0. The molecule has 23 heavy (non-hydrogen) atoms. The molecule has 0 aliphatic rings. The van der Waals surface area contributed by atoms with Gasteiger partial charge in [-0.05, 0) is 6.92 Å². The third kappa shape index (κ3) is 6.60. The highest BCUT2D eigenvalue weighted by Gasteiger charge is 2.12. The fraction of sp³-hybridized carbons (Fsp3) is 0.235. The second-order valence-electron chi connectivity index (χ2n) is 4.40. The summed E-state index contributed by atoms with van der Waals surface area (Å²) in [6, 6.07) is 8.62. The van der Waals surface area contributed by atoms with E-state index < -0.39 is 17.9 Å². The Morgan fingerprint density at radius 3 is 2.35 bits per heavy atom. The summed E-state index contributed by atoms with van der Waals surface area (Å²) in [6.45, 7) is 6.25. The van der Waals surface area contributed by atoms with Gasteiger partial charge in [0, 0.05) is 12.5 Å². The molecule has 6 nitrogen and oxygen atoms in total. The Morgan fingerprint density at radius 2 is 1.78 bits per heavy atom. The lowest BCUT2D eigenvalue weighted by molar-refractivity contribution is -0.141. The number of esters is 3. The fourth-order valence-corrected chi connectivity index (χ4v) is 1.53. The molecule has 0 saturated heterocycles. The standard InChI is InChI=1S/C17H18O6/c1-4-21-17(20)12(2)11-22-16(19)10-15(23-13(3)18)14-8-6-5-7-9-14/h5-10H,2,4,11H2,1,3H3/b15-10-. The van der Waals surface area contributed by atoms with Gasteiger partial charge < -0.3 is 14.2 Å². The second kappa shape index (κ2) is 9.19. The third-order valence-electron chi connectivity index (χ3n) is 2.51. The summed E-state index contributed by atoms with van der Waals surface area (Å²) >= 11 is 0. The summed E-state index contributed by atoms with van der Waals surface area (Å²) in [6.07, 6.45) is 1.04. The van der Waals surface area contributed by atoms with Crippen LogP contribution < -0.4 is 0 Å². The summed E-state index contributed by atoms with van der Waals surface area (Å²) in [5, 5.41) is 0. The van der Waals surface area contributed by atoms with Crippen molar-refractivity contribution in [3.8, 4) is 0 Å². The first kappa shape index (κ1) is 18.2. The van der Waals surface area contributed by atoms with Gasteiger partial charge in [-0.1, -0.05) is 36.9 Å². The van der Waals surface area contributed by atoms with Crippen LogP contribution >= 0.6 is 0 Å². The first-order valence-corrected chi connectivity index (χ1v) is 6.91. The lowest BCUT2D eigenvalue weighted by atomic mass is 10.2. The molecule has 122 valence electrons. The maximum Gasteiger partial charge on any atom is 0.336 e. The van der Waals surface area contributed by atoms with Crippen molar-refractivity contribution in [2.24, 2.45) is 0 Å². The highest BCUT2D eigenvalue weighted by molar-refractivity contribution is 5.93. The Kier molecular flexibility index (Phi) is 7.26. The van der Waals surface area contributed by atoms with Gasteiger partial charge in [0.05, 0.1) is 18.3 Å². The molecule has 0 saturated carbocycles. The van der Waals surface area contributed by atoms with Crippen LogP contribution in [0.3, 0.4) is 0 Å². The fourth-order valence-electron chi connectivity index (χ4n) is 1.53. The van der Waals surface area contributed by atoms with E-state index in [0.717, 1.165) is 6.08 Å². The van der Waals surface area contributed by atoms with Crippen LogP contribution in [0.15, 0.2) is 48.6 Å². The maximum absolute atomic E-state index is 11.8. The molecule has 1 rings (SSSR count). The third-order valence-corrected chi connectivity index (χ3v) is 2.51. The molecular formula is C17H18O6. The van der Waals surface area contributed by atoms with Crippen molar-refractivity contribution in [2.75, 3.05) is 13.2 Å². The molecule has 0 amide bonds. The number of hydrogen-bond acceptors (Lipinski definition) is 6. The van der Waals surface area contributed by atoms with Crippen LogP contribution in [0.1, 0.15) is 19.4 Å². The topological polar surface area (TPSA) is 78.9 Å². The zero-order valence-electron chi connectivity index (χ0n) is 13.0. The molecule has 6 heteroatoms. The number of rotatable bonds is 7. The van der Waals surface area contributed by atoms with Gasteiger partial charge in [-0.2, -0.15) is 0 Å². The van der Waals surface area contributed by atoms with Crippen LogP contribution in [0.25, 0.3) is 5.76 Å².